The lowest BCUT2D eigenvalue weighted by atomic mass is 9.78. The Balaban J connectivity index is 1.28. The third-order valence-electron chi connectivity index (χ3n) is 7.10. The van der Waals surface area contributed by atoms with Crippen molar-refractivity contribution in [2.24, 2.45) is 23.7 Å². The zero-order valence-electron chi connectivity index (χ0n) is 19.4. The topological polar surface area (TPSA) is 84.0 Å². The van der Waals surface area contributed by atoms with Crippen molar-refractivity contribution < 1.29 is 23.9 Å². The number of benzene rings is 2. The Morgan fingerprint density at radius 2 is 1.80 bits per heavy atom. The van der Waals surface area contributed by atoms with Crippen LogP contribution in [0.5, 0.6) is 5.75 Å². The number of hydrogen-bond acceptors (Lipinski definition) is 5. The Bertz CT molecular complexity index is 1250. The summed E-state index contributed by atoms with van der Waals surface area (Å²) in [6, 6.07) is 11.7. The molecular formula is C27H25ClN2O5. The Kier molecular flexibility index (Phi) is 5.97. The molecule has 5 rings (SSSR count). The normalized spacial score (nSPS) is 25.9. The molecule has 0 unspecified atom stereocenters. The Morgan fingerprint density at radius 1 is 1.06 bits per heavy atom. The largest absolute Gasteiger partial charge is 0.426 e. The molecule has 0 spiro atoms. The van der Waals surface area contributed by atoms with Crippen molar-refractivity contribution in [3.8, 4) is 5.75 Å². The molecule has 4 atom stereocenters. The highest BCUT2D eigenvalue weighted by Crippen LogP contribution is 2.41. The van der Waals surface area contributed by atoms with E-state index >= 15 is 0 Å². The molecule has 7 nitrogen and oxygen atoms in total. The van der Waals surface area contributed by atoms with Gasteiger partial charge in [-0.25, -0.2) is 4.90 Å². The van der Waals surface area contributed by atoms with Crippen molar-refractivity contribution in [1.82, 2.24) is 0 Å². The molecule has 0 aromatic heterocycles. The lowest BCUT2D eigenvalue weighted by Gasteiger charge is -2.22. The Labute approximate surface area is 208 Å². The molecule has 0 radical (unpaired) electrons. The minimum Gasteiger partial charge on any atom is -0.426 e. The van der Waals surface area contributed by atoms with E-state index in [9.17, 15) is 19.2 Å². The average Bonchev–Trinajstić information content (AvgIpc) is 3.33. The number of aryl methyl sites for hydroxylation is 1. The van der Waals surface area contributed by atoms with Crippen LogP contribution in [0.15, 0.2) is 54.6 Å². The SMILES string of the molecule is Cc1cc(OC(=O)[C@@H]2CC(=O)N(c3ccc(Cl)cc3)C2)ccc1N1C(=O)[C@@H]2[C@@H](C)C=CC[C@H]2C1=O. The van der Waals surface area contributed by atoms with Crippen molar-refractivity contribution >= 4 is 46.7 Å². The summed E-state index contributed by atoms with van der Waals surface area (Å²) in [7, 11) is 0. The first-order chi connectivity index (χ1) is 16.7. The van der Waals surface area contributed by atoms with Gasteiger partial charge in [0.15, 0.2) is 0 Å². The van der Waals surface area contributed by atoms with Crippen LogP contribution in [0, 0.1) is 30.6 Å². The van der Waals surface area contributed by atoms with Crippen LogP contribution in [0.1, 0.15) is 25.3 Å². The Morgan fingerprint density at radius 3 is 2.49 bits per heavy atom. The molecule has 180 valence electrons. The molecular weight excluding hydrogens is 468 g/mol. The van der Waals surface area contributed by atoms with Gasteiger partial charge in [-0.2, -0.15) is 0 Å². The highest BCUT2D eigenvalue weighted by atomic mass is 35.5. The molecule has 2 aromatic carbocycles. The number of rotatable bonds is 4. The van der Waals surface area contributed by atoms with Gasteiger partial charge in [0.1, 0.15) is 5.75 Å². The number of carbonyl (C=O) groups excluding carboxylic acids is 4. The summed E-state index contributed by atoms with van der Waals surface area (Å²) in [6.07, 6.45) is 4.59. The maximum absolute atomic E-state index is 13.1. The number of anilines is 2. The maximum Gasteiger partial charge on any atom is 0.316 e. The van der Waals surface area contributed by atoms with Gasteiger partial charge in [0.2, 0.25) is 17.7 Å². The first-order valence-corrected chi connectivity index (χ1v) is 12.0. The van der Waals surface area contributed by atoms with Crippen LogP contribution in [0.4, 0.5) is 11.4 Å². The van der Waals surface area contributed by atoms with Gasteiger partial charge < -0.3 is 9.64 Å². The number of imide groups is 1. The number of nitrogens with zero attached hydrogens (tertiary/aromatic N) is 2. The molecule has 2 aliphatic heterocycles. The number of allylic oxidation sites excluding steroid dienone is 2. The fourth-order valence-corrected chi connectivity index (χ4v) is 5.39. The van der Waals surface area contributed by atoms with Gasteiger partial charge in [0.05, 0.1) is 23.4 Å². The molecule has 8 heteroatoms. The van der Waals surface area contributed by atoms with Crippen molar-refractivity contribution in [3.05, 3.63) is 65.2 Å². The van der Waals surface area contributed by atoms with Crippen molar-refractivity contribution in [3.63, 3.8) is 0 Å². The summed E-state index contributed by atoms with van der Waals surface area (Å²) in [5.41, 5.74) is 1.84. The van der Waals surface area contributed by atoms with E-state index in [1.165, 1.54) is 4.90 Å². The molecule has 2 heterocycles. The summed E-state index contributed by atoms with van der Waals surface area (Å²) in [5, 5.41) is 0.567. The van der Waals surface area contributed by atoms with Gasteiger partial charge in [-0.1, -0.05) is 30.7 Å². The second kappa shape index (κ2) is 8.96. The number of hydrogen-bond donors (Lipinski definition) is 0. The third-order valence-corrected chi connectivity index (χ3v) is 7.35. The van der Waals surface area contributed by atoms with E-state index in [0.717, 1.165) is 0 Å². The summed E-state index contributed by atoms with van der Waals surface area (Å²) in [6.45, 7) is 3.96. The monoisotopic (exact) mass is 492 g/mol. The zero-order valence-corrected chi connectivity index (χ0v) is 20.2. The van der Waals surface area contributed by atoms with Crippen molar-refractivity contribution in [2.75, 3.05) is 16.3 Å². The van der Waals surface area contributed by atoms with Crippen LogP contribution in [0.2, 0.25) is 5.02 Å². The van der Waals surface area contributed by atoms with Crippen molar-refractivity contribution in [1.29, 1.82) is 0 Å². The van der Waals surface area contributed by atoms with Crippen LogP contribution in [0.3, 0.4) is 0 Å². The maximum atomic E-state index is 13.1. The molecule has 2 fully saturated rings. The Hall–Kier alpha value is -3.45. The predicted octanol–water partition coefficient (Wildman–Crippen LogP) is 4.31. The molecule has 0 saturated carbocycles. The summed E-state index contributed by atoms with van der Waals surface area (Å²) >= 11 is 5.92. The van der Waals surface area contributed by atoms with E-state index in [4.69, 9.17) is 16.3 Å². The van der Waals surface area contributed by atoms with Gasteiger partial charge in [-0.3, -0.25) is 19.2 Å². The first kappa shape index (κ1) is 23.3. The molecule has 3 aliphatic rings. The van der Waals surface area contributed by atoms with Crippen LogP contribution in [-0.4, -0.2) is 30.2 Å². The quantitative estimate of drug-likeness (QED) is 0.275. The average molecular weight is 493 g/mol. The van der Waals surface area contributed by atoms with E-state index < -0.39 is 11.9 Å². The minimum atomic E-state index is -0.600. The second-order valence-corrected chi connectivity index (χ2v) is 9.85. The van der Waals surface area contributed by atoms with E-state index in [1.54, 1.807) is 54.3 Å². The van der Waals surface area contributed by atoms with Gasteiger partial charge in [-0.05, 0) is 67.3 Å². The predicted molar refractivity (Wildman–Crippen MR) is 131 cm³/mol. The molecule has 0 bridgehead atoms. The lowest BCUT2D eigenvalue weighted by molar-refractivity contribution is -0.139. The van der Waals surface area contributed by atoms with Crippen LogP contribution in [-0.2, 0) is 19.2 Å². The van der Waals surface area contributed by atoms with E-state index in [2.05, 4.69) is 0 Å². The summed E-state index contributed by atoms with van der Waals surface area (Å²) < 4.78 is 5.58. The molecule has 1 aliphatic carbocycles. The number of amides is 3. The number of fused-ring (bicyclic) bond motifs is 1. The zero-order chi connectivity index (χ0) is 24.9. The number of carbonyl (C=O) groups is 4. The van der Waals surface area contributed by atoms with Gasteiger partial charge in [0, 0.05) is 23.7 Å². The molecule has 35 heavy (non-hydrogen) atoms. The number of halogens is 1. The second-order valence-electron chi connectivity index (χ2n) is 9.42. The number of esters is 1. The van der Waals surface area contributed by atoms with Gasteiger partial charge in [0.25, 0.3) is 0 Å². The fourth-order valence-electron chi connectivity index (χ4n) is 5.26. The highest BCUT2D eigenvalue weighted by molar-refractivity contribution is 6.30. The minimum absolute atomic E-state index is 0.0114. The first-order valence-electron chi connectivity index (χ1n) is 11.7. The third kappa shape index (κ3) is 4.14. The molecule has 0 N–H and O–H groups in total. The van der Waals surface area contributed by atoms with E-state index in [1.807, 2.05) is 19.1 Å². The molecule has 2 aromatic rings. The van der Waals surface area contributed by atoms with Gasteiger partial charge in [-0.15, -0.1) is 0 Å². The van der Waals surface area contributed by atoms with Crippen molar-refractivity contribution in [2.45, 2.75) is 26.7 Å². The fraction of sp³-hybridized carbons (Fsp3) is 0.333. The smallest absolute Gasteiger partial charge is 0.316 e. The summed E-state index contributed by atoms with van der Waals surface area (Å²) in [4.78, 5) is 54.2. The van der Waals surface area contributed by atoms with E-state index in [-0.39, 0.29) is 48.4 Å². The highest BCUT2D eigenvalue weighted by Gasteiger charge is 2.50. The standard InChI is InChI=1S/C27H25ClN2O5/c1-15-4-3-5-21-24(15)26(33)30(25(21)32)22-11-10-20(12-16(22)2)35-27(34)17-13-23(31)29(14-17)19-8-6-18(28)7-9-19/h3-4,6-12,15,17,21,24H,5,13-14H2,1-2H3/t15-,17+,21+,24+/m0/s1. The summed E-state index contributed by atoms with van der Waals surface area (Å²) in [5.74, 6) is -1.98. The lowest BCUT2D eigenvalue weighted by Crippen LogP contribution is -2.32. The van der Waals surface area contributed by atoms with E-state index in [0.29, 0.717) is 34.1 Å². The number of ether oxygens (including phenoxy) is 1. The molecule has 2 saturated heterocycles. The molecule has 3 amide bonds. The van der Waals surface area contributed by atoms with Crippen LogP contribution in [0.25, 0.3) is 0 Å². The van der Waals surface area contributed by atoms with Crippen LogP contribution >= 0.6 is 11.6 Å². The van der Waals surface area contributed by atoms with Crippen LogP contribution < -0.4 is 14.5 Å². The van der Waals surface area contributed by atoms with Gasteiger partial charge >= 0.3 is 5.97 Å².